The Morgan fingerprint density at radius 2 is 2.00 bits per heavy atom. The molecule has 0 unspecified atom stereocenters. The first-order chi connectivity index (χ1) is 6.77. The van der Waals surface area contributed by atoms with Crippen molar-refractivity contribution in [2.45, 2.75) is 4.90 Å². The molecule has 14 heavy (non-hydrogen) atoms. The van der Waals surface area contributed by atoms with E-state index in [-0.39, 0.29) is 0 Å². The van der Waals surface area contributed by atoms with Crippen molar-refractivity contribution in [2.75, 3.05) is 13.1 Å². The molecule has 0 amide bonds. The summed E-state index contributed by atoms with van der Waals surface area (Å²) in [5, 5.41) is 1.37. The van der Waals surface area contributed by atoms with Crippen molar-refractivity contribution in [3.63, 3.8) is 0 Å². The molecule has 1 aliphatic rings. The van der Waals surface area contributed by atoms with Gasteiger partial charge in [0, 0.05) is 0 Å². The van der Waals surface area contributed by atoms with Crippen molar-refractivity contribution in [1.82, 2.24) is 4.31 Å². The Hall–Kier alpha value is -0.380. The lowest BCUT2D eigenvalue weighted by atomic mass is 10.4. The first kappa shape index (κ1) is 10.1. The average Bonchev–Trinajstić information content (AvgIpc) is 2.64. The zero-order chi connectivity index (χ0) is 9.97. The standard InChI is InChI=1S/C9H8Cl2N2S/c10-7-2-1-3-8(11)9(7)14-13-5-4-12-6-13/h1-3,6H,4-5H2. The van der Waals surface area contributed by atoms with Gasteiger partial charge in [0.15, 0.2) is 0 Å². The second-order valence-electron chi connectivity index (χ2n) is 2.80. The Kier molecular flexibility index (Phi) is 3.21. The number of halogens is 2. The molecule has 0 bridgehead atoms. The quantitative estimate of drug-likeness (QED) is 0.745. The zero-order valence-corrected chi connectivity index (χ0v) is 9.61. The molecule has 0 aliphatic carbocycles. The number of aliphatic imine (C=N–C) groups is 1. The van der Waals surface area contributed by atoms with E-state index in [1.165, 1.54) is 11.9 Å². The third-order valence-corrected chi connectivity index (χ3v) is 3.78. The third kappa shape index (κ3) is 2.16. The second-order valence-corrected chi connectivity index (χ2v) is 4.68. The maximum Gasteiger partial charge on any atom is 0.0953 e. The molecule has 0 radical (unpaired) electrons. The molecule has 0 aromatic heterocycles. The fourth-order valence-electron chi connectivity index (χ4n) is 1.12. The number of hydrogen-bond acceptors (Lipinski definition) is 3. The minimum absolute atomic E-state index is 0.683. The van der Waals surface area contributed by atoms with Crippen LogP contribution in [0.1, 0.15) is 0 Å². The van der Waals surface area contributed by atoms with E-state index in [0.29, 0.717) is 10.0 Å². The predicted octanol–water partition coefficient (Wildman–Crippen LogP) is 3.34. The van der Waals surface area contributed by atoms with E-state index in [1.54, 1.807) is 0 Å². The maximum absolute atomic E-state index is 6.03. The van der Waals surface area contributed by atoms with Crippen molar-refractivity contribution >= 4 is 41.5 Å². The van der Waals surface area contributed by atoms with Crippen LogP contribution in [0.2, 0.25) is 10.0 Å². The molecule has 1 aromatic rings. The third-order valence-electron chi connectivity index (χ3n) is 1.79. The van der Waals surface area contributed by atoms with Gasteiger partial charge in [0.25, 0.3) is 0 Å². The van der Waals surface area contributed by atoms with Crippen LogP contribution in [0.15, 0.2) is 28.1 Å². The molecule has 0 saturated heterocycles. The summed E-state index contributed by atoms with van der Waals surface area (Å²) >= 11 is 13.6. The first-order valence-corrected chi connectivity index (χ1v) is 5.69. The van der Waals surface area contributed by atoms with E-state index in [0.717, 1.165) is 18.0 Å². The summed E-state index contributed by atoms with van der Waals surface area (Å²) in [4.78, 5) is 5.01. The molecule has 0 fully saturated rings. The topological polar surface area (TPSA) is 15.6 Å². The normalized spacial score (nSPS) is 15.1. The molecule has 1 aliphatic heterocycles. The van der Waals surface area contributed by atoms with Gasteiger partial charge in [-0.2, -0.15) is 0 Å². The molecule has 1 aromatic carbocycles. The smallest absolute Gasteiger partial charge is 0.0953 e. The van der Waals surface area contributed by atoms with E-state index in [4.69, 9.17) is 23.2 Å². The van der Waals surface area contributed by atoms with Crippen LogP contribution < -0.4 is 0 Å². The van der Waals surface area contributed by atoms with Crippen molar-refractivity contribution in [3.8, 4) is 0 Å². The van der Waals surface area contributed by atoms with E-state index in [2.05, 4.69) is 4.99 Å². The first-order valence-electron chi connectivity index (χ1n) is 4.16. The van der Waals surface area contributed by atoms with E-state index in [9.17, 15) is 0 Å². The highest BCUT2D eigenvalue weighted by atomic mass is 35.5. The largest absolute Gasteiger partial charge is 0.301 e. The highest BCUT2D eigenvalue weighted by molar-refractivity contribution is 7.97. The fourth-order valence-corrected chi connectivity index (χ4v) is 2.56. The van der Waals surface area contributed by atoms with Crippen LogP contribution >= 0.6 is 35.1 Å². The maximum atomic E-state index is 6.03. The molecule has 2 nitrogen and oxygen atoms in total. The summed E-state index contributed by atoms with van der Waals surface area (Å²) in [5.74, 6) is 0. The van der Waals surface area contributed by atoms with Gasteiger partial charge in [-0.3, -0.25) is 4.99 Å². The molecule has 0 spiro atoms. The van der Waals surface area contributed by atoms with Gasteiger partial charge in [0.1, 0.15) is 0 Å². The van der Waals surface area contributed by atoms with Gasteiger partial charge < -0.3 is 4.31 Å². The number of rotatable bonds is 2. The van der Waals surface area contributed by atoms with Crippen LogP contribution in [0.25, 0.3) is 0 Å². The summed E-state index contributed by atoms with van der Waals surface area (Å²) < 4.78 is 2.02. The summed E-state index contributed by atoms with van der Waals surface area (Å²) in [5.41, 5.74) is 0. The van der Waals surface area contributed by atoms with Crippen molar-refractivity contribution in [3.05, 3.63) is 28.2 Å². The minimum Gasteiger partial charge on any atom is -0.301 e. The SMILES string of the molecule is Clc1cccc(Cl)c1SN1C=NCC1. The number of nitrogens with zero attached hydrogens (tertiary/aromatic N) is 2. The van der Waals surface area contributed by atoms with Crippen LogP contribution in [0, 0.1) is 0 Å². The molecule has 74 valence electrons. The van der Waals surface area contributed by atoms with Gasteiger partial charge in [0.05, 0.1) is 34.4 Å². The molecule has 1 heterocycles. The molecular weight excluding hydrogens is 239 g/mol. The summed E-state index contributed by atoms with van der Waals surface area (Å²) in [6, 6.07) is 5.51. The Labute approximate surface area is 97.0 Å². The Morgan fingerprint density at radius 3 is 2.57 bits per heavy atom. The van der Waals surface area contributed by atoms with Crippen molar-refractivity contribution in [1.29, 1.82) is 0 Å². The van der Waals surface area contributed by atoms with Crippen LogP contribution in [-0.4, -0.2) is 23.7 Å². The summed E-state index contributed by atoms with van der Waals surface area (Å²) in [7, 11) is 0. The number of hydrogen-bond donors (Lipinski definition) is 0. The lowest BCUT2D eigenvalue weighted by Crippen LogP contribution is -2.09. The summed E-state index contributed by atoms with van der Waals surface area (Å²) in [6.07, 6.45) is 1.81. The molecule has 2 rings (SSSR count). The van der Waals surface area contributed by atoms with E-state index >= 15 is 0 Å². The Morgan fingerprint density at radius 1 is 1.29 bits per heavy atom. The lowest BCUT2D eigenvalue weighted by Gasteiger charge is -2.13. The van der Waals surface area contributed by atoms with Gasteiger partial charge >= 0.3 is 0 Å². The lowest BCUT2D eigenvalue weighted by molar-refractivity contribution is 0.748. The van der Waals surface area contributed by atoms with E-state index in [1.807, 2.05) is 28.8 Å². The minimum atomic E-state index is 0.683. The highest BCUT2D eigenvalue weighted by Gasteiger charge is 2.12. The molecular formula is C9H8Cl2N2S. The van der Waals surface area contributed by atoms with Gasteiger partial charge in [-0.15, -0.1) is 0 Å². The summed E-state index contributed by atoms with van der Waals surface area (Å²) in [6.45, 7) is 1.75. The van der Waals surface area contributed by atoms with Gasteiger partial charge in [-0.05, 0) is 24.1 Å². The van der Waals surface area contributed by atoms with Crippen LogP contribution in [0.4, 0.5) is 0 Å². The highest BCUT2D eigenvalue weighted by Crippen LogP contribution is 2.35. The molecule has 0 saturated carbocycles. The van der Waals surface area contributed by atoms with Gasteiger partial charge in [-0.25, -0.2) is 0 Å². The van der Waals surface area contributed by atoms with Crippen molar-refractivity contribution < 1.29 is 0 Å². The molecule has 0 N–H and O–H groups in total. The van der Waals surface area contributed by atoms with E-state index < -0.39 is 0 Å². The van der Waals surface area contributed by atoms with Crippen molar-refractivity contribution in [2.24, 2.45) is 4.99 Å². The fraction of sp³-hybridized carbons (Fsp3) is 0.222. The molecule has 0 atom stereocenters. The second kappa shape index (κ2) is 4.43. The molecule has 5 heteroatoms. The van der Waals surface area contributed by atoms with Crippen LogP contribution in [0.3, 0.4) is 0 Å². The monoisotopic (exact) mass is 246 g/mol. The van der Waals surface area contributed by atoms with Crippen LogP contribution in [0.5, 0.6) is 0 Å². The van der Waals surface area contributed by atoms with Gasteiger partial charge in [-0.1, -0.05) is 29.3 Å². The Balaban J connectivity index is 2.19. The predicted molar refractivity (Wildman–Crippen MR) is 62.4 cm³/mol. The van der Waals surface area contributed by atoms with Crippen LogP contribution in [-0.2, 0) is 0 Å². The van der Waals surface area contributed by atoms with Gasteiger partial charge in [0.2, 0.25) is 0 Å². The average molecular weight is 247 g/mol. The Bertz CT molecular complexity index is 348. The zero-order valence-electron chi connectivity index (χ0n) is 7.28. The number of benzene rings is 1.